The first-order valence-corrected chi connectivity index (χ1v) is 10.9. The first kappa shape index (κ1) is 19.7. The molecule has 0 radical (unpaired) electrons. The second-order valence-corrected chi connectivity index (χ2v) is 9.38. The number of benzene rings is 2. The molecule has 6 heteroatoms. The van der Waals surface area contributed by atoms with Gasteiger partial charge in [-0.3, -0.25) is 4.79 Å². The summed E-state index contributed by atoms with van der Waals surface area (Å²) in [4.78, 5) is 15.1. The van der Waals surface area contributed by atoms with Crippen LogP contribution in [0.3, 0.4) is 0 Å². The minimum Gasteiger partial charge on any atom is -0.497 e. The van der Waals surface area contributed by atoms with E-state index in [1.54, 1.807) is 23.3 Å². The molecule has 2 aromatic carbocycles. The molecule has 0 saturated heterocycles. The normalized spacial score (nSPS) is 11.0. The van der Waals surface area contributed by atoms with Crippen molar-refractivity contribution in [1.82, 2.24) is 9.47 Å². The van der Waals surface area contributed by atoms with E-state index in [0.717, 1.165) is 30.9 Å². The fourth-order valence-electron chi connectivity index (χ4n) is 3.44. The van der Waals surface area contributed by atoms with Gasteiger partial charge in [-0.25, -0.2) is 0 Å². The summed E-state index contributed by atoms with van der Waals surface area (Å²) in [5.74, 6) is 0.822. The number of nitrogens with zero attached hydrogens (tertiary/aromatic N) is 2. The van der Waals surface area contributed by atoms with Crippen molar-refractivity contribution in [1.29, 1.82) is 0 Å². The monoisotopic (exact) mass is 468 g/mol. The molecule has 148 valence electrons. The first-order valence-electron chi connectivity index (χ1n) is 9.26. The predicted octanol–water partition coefficient (Wildman–Crippen LogP) is 5.79. The highest BCUT2D eigenvalue weighted by Crippen LogP contribution is 2.33. The van der Waals surface area contributed by atoms with Crippen LogP contribution in [0.4, 0.5) is 0 Å². The van der Waals surface area contributed by atoms with Crippen LogP contribution in [0.2, 0.25) is 0 Å². The molecule has 2 heterocycles. The third kappa shape index (κ3) is 4.23. The smallest absolute Gasteiger partial charge is 0.270 e. The number of halogens is 1. The minimum absolute atomic E-state index is 0.0104. The van der Waals surface area contributed by atoms with Gasteiger partial charge >= 0.3 is 0 Å². The van der Waals surface area contributed by atoms with Crippen molar-refractivity contribution in [3.8, 4) is 5.75 Å². The van der Waals surface area contributed by atoms with Gasteiger partial charge < -0.3 is 14.2 Å². The molecule has 29 heavy (non-hydrogen) atoms. The van der Waals surface area contributed by atoms with E-state index in [1.807, 2.05) is 61.6 Å². The number of carbonyl (C=O) groups is 1. The molecule has 0 saturated carbocycles. The Morgan fingerprint density at radius 1 is 1.07 bits per heavy atom. The van der Waals surface area contributed by atoms with Crippen LogP contribution >= 0.6 is 27.3 Å². The van der Waals surface area contributed by atoms with Crippen LogP contribution in [-0.4, -0.2) is 29.5 Å². The number of ether oxygens (including phenoxy) is 1. The van der Waals surface area contributed by atoms with Crippen LogP contribution in [0.1, 0.15) is 21.6 Å². The Hall–Kier alpha value is -2.57. The number of thiophene rings is 1. The molecule has 0 bridgehead atoms. The largest absolute Gasteiger partial charge is 0.497 e. The summed E-state index contributed by atoms with van der Waals surface area (Å²) in [5.41, 5.74) is 3.95. The van der Waals surface area contributed by atoms with Crippen molar-refractivity contribution in [3.05, 3.63) is 87.3 Å². The van der Waals surface area contributed by atoms with Crippen LogP contribution < -0.4 is 4.74 Å². The molecule has 0 aliphatic heterocycles. The average molecular weight is 469 g/mol. The summed E-state index contributed by atoms with van der Waals surface area (Å²) < 4.78 is 9.60. The van der Waals surface area contributed by atoms with E-state index in [4.69, 9.17) is 4.74 Å². The zero-order chi connectivity index (χ0) is 20.4. The van der Waals surface area contributed by atoms with Gasteiger partial charge in [0.2, 0.25) is 0 Å². The van der Waals surface area contributed by atoms with Crippen LogP contribution in [0.5, 0.6) is 5.75 Å². The molecule has 0 aliphatic rings. The van der Waals surface area contributed by atoms with Gasteiger partial charge in [0.05, 0.1) is 21.1 Å². The van der Waals surface area contributed by atoms with Crippen molar-refractivity contribution < 1.29 is 9.53 Å². The van der Waals surface area contributed by atoms with E-state index in [9.17, 15) is 4.79 Å². The summed E-state index contributed by atoms with van der Waals surface area (Å²) in [7, 11) is 3.51. The lowest BCUT2D eigenvalue weighted by Gasteiger charge is -2.19. The number of fused-ring (bicyclic) bond motifs is 1. The number of carbonyl (C=O) groups excluding carboxylic acids is 1. The highest BCUT2D eigenvalue weighted by Gasteiger charge is 2.21. The lowest BCUT2D eigenvalue weighted by molar-refractivity contribution is 0.0775. The zero-order valence-corrected chi connectivity index (χ0v) is 18.7. The molecule has 0 spiro atoms. The quantitative estimate of drug-likeness (QED) is 0.358. The lowest BCUT2D eigenvalue weighted by Crippen LogP contribution is -2.28. The van der Waals surface area contributed by atoms with Gasteiger partial charge in [0, 0.05) is 20.1 Å². The number of rotatable bonds is 6. The van der Waals surface area contributed by atoms with Crippen LogP contribution in [-0.2, 0) is 13.1 Å². The number of hydrogen-bond acceptors (Lipinski definition) is 3. The lowest BCUT2D eigenvalue weighted by atomic mass is 10.2. The maximum absolute atomic E-state index is 13.3. The summed E-state index contributed by atoms with van der Waals surface area (Å²) in [6.07, 6.45) is 0. The second-order valence-electron chi connectivity index (χ2n) is 6.91. The van der Waals surface area contributed by atoms with Crippen molar-refractivity contribution >= 4 is 43.4 Å². The van der Waals surface area contributed by atoms with Gasteiger partial charge in [0.25, 0.3) is 5.91 Å². The predicted molar refractivity (Wildman–Crippen MR) is 122 cm³/mol. The molecule has 4 aromatic rings. The van der Waals surface area contributed by atoms with Crippen molar-refractivity contribution in [2.24, 2.45) is 0 Å². The van der Waals surface area contributed by atoms with Crippen LogP contribution in [0.15, 0.2) is 70.5 Å². The average Bonchev–Trinajstić information content (AvgIpc) is 3.25. The van der Waals surface area contributed by atoms with Gasteiger partial charge in [-0.15, -0.1) is 11.3 Å². The maximum atomic E-state index is 13.3. The highest BCUT2D eigenvalue weighted by atomic mass is 79.9. The number of methoxy groups -OCH3 is 1. The SMILES string of the molecule is COc1cccc(Cn2c(C(=O)N(C)Cc3ccccc3)cc3sc(Br)cc32)c1. The van der Waals surface area contributed by atoms with Crippen molar-refractivity contribution in [3.63, 3.8) is 0 Å². The first-order chi connectivity index (χ1) is 14.0. The summed E-state index contributed by atoms with van der Waals surface area (Å²) in [6.45, 7) is 1.17. The molecule has 4 nitrogen and oxygen atoms in total. The standard InChI is InChI=1S/C23H21BrN2O2S/c1-25(14-16-7-4-3-5-8-16)23(27)20-12-21-19(13-22(24)29-21)26(20)15-17-9-6-10-18(11-17)28-2/h3-13H,14-15H2,1-2H3. The summed E-state index contributed by atoms with van der Waals surface area (Å²) in [6, 6.07) is 22.1. The van der Waals surface area contributed by atoms with Gasteiger partial charge in [0.1, 0.15) is 11.4 Å². The van der Waals surface area contributed by atoms with E-state index >= 15 is 0 Å². The summed E-state index contributed by atoms with van der Waals surface area (Å²) in [5, 5.41) is 0. The fourth-order valence-corrected chi connectivity index (χ4v) is 5.00. The maximum Gasteiger partial charge on any atom is 0.270 e. The van der Waals surface area contributed by atoms with Gasteiger partial charge in [-0.1, -0.05) is 42.5 Å². The molecule has 1 amide bonds. The highest BCUT2D eigenvalue weighted by molar-refractivity contribution is 9.11. The van der Waals surface area contributed by atoms with E-state index in [2.05, 4.69) is 32.6 Å². The van der Waals surface area contributed by atoms with Gasteiger partial charge in [0.15, 0.2) is 0 Å². The van der Waals surface area contributed by atoms with Crippen molar-refractivity contribution in [2.75, 3.05) is 14.2 Å². The van der Waals surface area contributed by atoms with E-state index in [1.165, 1.54) is 0 Å². The Morgan fingerprint density at radius 2 is 1.83 bits per heavy atom. The number of hydrogen-bond donors (Lipinski definition) is 0. The zero-order valence-electron chi connectivity index (χ0n) is 16.3. The Kier molecular flexibility index (Phi) is 5.74. The molecule has 0 N–H and O–H groups in total. The number of aromatic nitrogens is 1. The molecule has 2 aromatic heterocycles. The van der Waals surface area contributed by atoms with Crippen LogP contribution in [0.25, 0.3) is 10.2 Å². The van der Waals surface area contributed by atoms with Gasteiger partial charge in [-0.2, -0.15) is 0 Å². The number of amides is 1. The topological polar surface area (TPSA) is 34.5 Å². The molecule has 4 rings (SSSR count). The van der Waals surface area contributed by atoms with Crippen molar-refractivity contribution in [2.45, 2.75) is 13.1 Å². The second kappa shape index (κ2) is 8.43. The Bertz CT molecular complexity index is 1150. The Labute approximate surface area is 182 Å². The van der Waals surface area contributed by atoms with E-state index < -0.39 is 0 Å². The van der Waals surface area contributed by atoms with Crippen LogP contribution in [0, 0.1) is 0 Å². The molecular formula is C23H21BrN2O2S. The fraction of sp³-hybridized carbons (Fsp3) is 0.174. The van der Waals surface area contributed by atoms with Gasteiger partial charge in [-0.05, 0) is 51.3 Å². The third-order valence-corrected chi connectivity index (χ3v) is 6.44. The van der Waals surface area contributed by atoms with E-state index in [-0.39, 0.29) is 5.91 Å². The molecule has 0 aliphatic carbocycles. The minimum atomic E-state index is 0.0104. The van der Waals surface area contributed by atoms with E-state index in [0.29, 0.717) is 18.8 Å². The molecular weight excluding hydrogens is 448 g/mol. The third-order valence-electron chi connectivity index (χ3n) is 4.86. The molecule has 0 unspecified atom stereocenters. The Morgan fingerprint density at radius 3 is 2.59 bits per heavy atom. The molecule has 0 atom stereocenters. The Balaban J connectivity index is 1.69. The molecule has 0 fully saturated rings. The summed E-state index contributed by atoms with van der Waals surface area (Å²) >= 11 is 5.21.